The maximum absolute atomic E-state index is 12.4. The Kier molecular flexibility index (Phi) is 41.1. The molecule has 0 fully saturated rings. The highest BCUT2D eigenvalue weighted by atomic mass is 31.2. The zero-order chi connectivity index (χ0) is 42.6. The van der Waals surface area contributed by atoms with E-state index < -0.39 is 58.4 Å². The average Bonchev–Trinajstić information content (AvgIpc) is 3.21. The lowest BCUT2D eigenvalue weighted by Crippen LogP contribution is -2.28. The van der Waals surface area contributed by atoms with E-state index in [0.717, 1.165) is 89.9 Å². The molecular weight excluding hydrogens is 755 g/mol. The van der Waals surface area contributed by atoms with Crippen molar-refractivity contribution in [1.82, 2.24) is 0 Å². The first-order valence-electron chi connectivity index (χ1n) is 22.7. The van der Waals surface area contributed by atoms with Gasteiger partial charge in [-0.1, -0.05) is 152 Å². The first-order chi connectivity index (χ1) is 28.3. The Labute approximate surface area is 353 Å². The van der Waals surface area contributed by atoms with Crippen molar-refractivity contribution in [3.63, 3.8) is 0 Å². The van der Waals surface area contributed by atoms with Crippen LogP contribution in [0.2, 0.25) is 0 Å². The fourth-order valence-corrected chi connectivity index (χ4v) is 6.70. The molecule has 0 bridgehead atoms. The van der Waals surface area contributed by atoms with Crippen LogP contribution in [0.3, 0.4) is 0 Å². The number of aliphatic hydroxyl groups excluding tert-OH is 2. The van der Waals surface area contributed by atoms with E-state index in [1.165, 1.54) is 57.8 Å². The Morgan fingerprint density at radius 3 is 1.12 bits per heavy atom. The standard InChI is InChI=1S/C47H83O10P/c1-3-5-7-9-11-13-15-17-19-21-22-23-25-27-29-31-33-35-37-39-47(51)57-45(41-49)43-55-58(52,53)54-42-44(40-48)56-46(50)38-36-34-32-30-28-26-24-20-18-16-14-12-10-8-6-4-2/h11,13-14,16-17,19-20,22-24,44-45,48-49H,3-10,12,15,18,21,25-43H2,1-2H3,(H,52,53)/b13-11-,16-14-,19-17-,23-22-,24-20-. The van der Waals surface area contributed by atoms with Gasteiger partial charge in [0.15, 0.2) is 0 Å². The lowest BCUT2D eigenvalue weighted by atomic mass is 10.1. The fraction of sp³-hybridized carbons (Fsp3) is 0.745. The van der Waals surface area contributed by atoms with Crippen molar-refractivity contribution in [3.05, 3.63) is 60.8 Å². The van der Waals surface area contributed by atoms with Crippen molar-refractivity contribution in [2.75, 3.05) is 26.4 Å². The van der Waals surface area contributed by atoms with Crippen LogP contribution in [0, 0.1) is 0 Å². The van der Waals surface area contributed by atoms with Crippen molar-refractivity contribution in [2.24, 2.45) is 0 Å². The van der Waals surface area contributed by atoms with E-state index in [4.69, 9.17) is 18.5 Å². The minimum Gasteiger partial charge on any atom is -0.457 e. The van der Waals surface area contributed by atoms with E-state index in [9.17, 15) is 29.3 Å². The zero-order valence-corrected chi connectivity index (χ0v) is 37.4. The number of carbonyl (C=O) groups excluding carboxylic acids is 2. The van der Waals surface area contributed by atoms with Crippen LogP contribution in [0.5, 0.6) is 0 Å². The van der Waals surface area contributed by atoms with Crippen molar-refractivity contribution in [2.45, 2.75) is 199 Å². The largest absolute Gasteiger partial charge is 0.472 e. The highest BCUT2D eigenvalue weighted by molar-refractivity contribution is 7.47. The summed E-state index contributed by atoms with van der Waals surface area (Å²) in [5.74, 6) is -1.05. The molecular formula is C47H83O10P. The van der Waals surface area contributed by atoms with Gasteiger partial charge in [-0.25, -0.2) is 4.57 Å². The molecule has 0 amide bonds. The second-order valence-corrected chi connectivity index (χ2v) is 16.5. The Hall–Kier alpha value is -2.33. The topological polar surface area (TPSA) is 149 Å². The molecule has 3 atom stereocenters. The Morgan fingerprint density at radius 1 is 0.466 bits per heavy atom. The van der Waals surface area contributed by atoms with E-state index >= 15 is 0 Å². The van der Waals surface area contributed by atoms with Gasteiger partial charge in [0.05, 0.1) is 26.4 Å². The first kappa shape index (κ1) is 55.7. The number of unbranched alkanes of at least 4 members (excludes halogenated alkanes) is 18. The maximum Gasteiger partial charge on any atom is 0.472 e. The van der Waals surface area contributed by atoms with Gasteiger partial charge in [-0.15, -0.1) is 0 Å². The van der Waals surface area contributed by atoms with Gasteiger partial charge >= 0.3 is 19.8 Å². The minimum absolute atomic E-state index is 0.173. The number of carbonyl (C=O) groups is 2. The van der Waals surface area contributed by atoms with E-state index in [2.05, 4.69) is 74.6 Å². The lowest BCUT2D eigenvalue weighted by molar-refractivity contribution is -0.153. The van der Waals surface area contributed by atoms with Gasteiger partial charge in [0, 0.05) is 12.8 Å². The minimum atomic E-state index is -4.65. The van der Waals surface area contributed by atoms with Crippen LogP contribution < -0.4 is 0 Å². The molecule has 0 heterocycles. The number of hydrogen-bond acceptors (Lipinski definition) is 9. The fourth-order valence-electron chi connectivity index (χ4n) is 5.92. The molecule has 0 aliphatic rings. The molecule has 58 heavy (non-hydrogen) atoms. The molecule has 0 spiro atoms. The van der Waals surface area contributed by atoms with Crippen LogP contribution in [-0.4, -0.2) is 65.7 Å². The summed E-state index contributed by atoms with van der Waals surface area (Å²) in [6.45, 7) is 2.13. The number of aliphatic hydroxyl groups is 2. The monoisotopic (exact) mass is 839 g/mol. The van der Waals surface area contributed by atoms with E-state index in [0.29, 0.717) is 12.8 Å². The third-order valence-electron chi connectivity index (χ3n) is 9.45. The quantitative estimate of drug-likeness (QED) is 0.0235. The maximum atomic E-state index is 12.4. The molecule has 0 aliphatic carbocycles. The molecule has 3 unspecified atom stereocenters. The summed E-state index contributed by atoms with van der Waals surface area (Å²) in [5, 5.41) is 19.2. The Morgan fingerprint density at radius 2 is 0.759 bits per heavy atom. The zero-order valence-electron chi connectivity index (χ0n) is 36.5. The molecule has 10 nitrogen and oxygen atoms in total. The molecule has 0 aliphatic heterocycles. The molecule has 0 saturated carbocycles. The van der Waals surface area contributed by atoms with Gasteiger partial charge in [0.2, 0.25) is 0 Å². The third-order valence-corrected chi connectivity index (χ3v) is 10.4. The van der Waals surface area contributed by atoms with Crippen LogP contribution in [0.25, 0.3) is 0 Å². The van der Waals surface area contributed by atoms with Crippen LogP contribution in [0.1, 0.15) is 187 Å². The molecule has 3 N–H and O–H groups in total. The van der Waals surface area contributed by atoms with E-state index in [-0.39, 0.29) is 12.8 Å². The summed E-state index contributed by atoms with van der Waals surface area (Å²) < 4.78 is 32.6. The summed E-state index contributed by atoms with van der Waals surface area (Å²) in [5.41, 5.74) is 0. The highest BCUT2D eigenvalue weighted by Gasteiger charge is 2.27. The number of esters is 2. The summed E-state index contributed by atoms with van der Waals surface area (Å²) in [6, 6.07) is 0. The van der Waals surface area contributed by atoms with Crippen LogP contribution >= 0.6 is 7.82 Å². The Balaban J connectivity index is 3.96. The number of ether oxygens (including phenoxy) is 2. The summed E-state index contributed by atoms with van der Waals surface area (Å²) in [7, 11) is -4.65. The van der Waals surface area contributed by atoms with Gasteiger partial charge in [0.1, 0.15) is 12.2 Å². The second-order valence-electron chi connectivity index (χ2n) is 15.0. The van der Waals surface area contributed by atoms with Gasteiger partial charge in [0.25, 0.3) is 0 Å². The lowest BCUT2D eigenvalue weighted by Gasteiger charge is -2.20. The van der Waals surface area contributed by atoms with Crippen LogP contribution in [0.15, 0.2) is 60.8 Å². The number of hydrogen-bond donors (Lipinski definition) is 3. The molecule has 11 heteroatoms. The van der Waals surface area contributed by atoms with Crippen molar-refractivity contribution < 1.29 is 47.8 Å². The van der Waals surface area contributed by atoms with Crippen molar-refractivity contribution in [3.8, 4) is 0 Å². The first-order valence-corrected chi connectivity index (χ1v) is 24.2. The summed E-state index contributed by atoms with van der Waals surface area (Å²) in [4.78, 5) is 34.6. The normalized spacial score (nSPS) is 14.4. The molecule has 0 rings (SSSR count). The predicted octanol–water partition coefficient (Wildman–Crippen LogP) is 12.3. The number of phosphoric acid groups is 1. The number of allylic oxidation sites excluding steroid dienone is 10. The summed E-state index contributed by atoms with van der Waals surface area (Å²) >= 11 is 0. The molecule has 0 saturated heterocycles. The van der Waals surface area contributed by atoms with Gasteiger partial charge in [-0.3, -0.25) is 18.6 Å². The molecule has 0 aromatic rings. The molecule has 0 aromatic carbocycles. The highest BCUT2D eigenvalue weighted by Crippen LogP contribution is 2.43. The van der Waals surface area contributed by atoms with Crippen molar-refractivity contribution in [1.29, 1.82) is 0 Å². The van der Waals surface area contributed by atoms with Crippen molar-refractivity contribution >= 4 is 19.8 Å². The third kappa shape index (κ3) is 40.4. The Bertz CT molecular complexity index is 1150. The smallest absolute Gasteiger partial charge is 0.457 e. The molecule has 336 valence electrons. The van der Waals surface area contributed by atoms with Gasteiger partial charge in [-0.05, 0) is 83.5 Å². The second kappa shape index (κ2) is 42.8. The van der Waals surface area contributed by atoms with Gasteiger partial charge < -0.3 is 24.6 Å². The van der Waals surface area contributed by atoms with Crippen LogP contribution in [-0.2, 0) is 32.7 Å². The number of phosphoric ester groups is 1. The predicted molar refractivity (Wildman–Crippen MR) is 237 cm³/mol. The number of rotatable bonds is 42. The average molecular weight is 839 g/mol. The molecule has 0 aromatic heterocycles. The summed E-state index contributed by atoms with van der Waals surface area (Å²) in [6.07, 6.45) is 47.5. The SMILES string of the molecule is CCCCC/C=C\C/C=C\C/C=C\CCCCCCCCC(=O)OC(CO)COP(=O)(O)OCC(CO)OC(=O)CCCCCCC/C=C\C/C=C\CCCCCC. The van der Waals surface area contributed by atoms with Crippen LogP contribution in [0.4, 0.5) is 0 Å². The van der Waals surface area contributed by atoms with E-state index in [1.54, 1.807) is 0 Å². The molecule has 0 radical (unpaired) electrons. The van der Waals surface area contributed by atoms with Gasteiger partial charge in [-0.2, -0.15) is 0 Å². The van der Waals surface area contributed by atoms with E-state index in [1.807, 2.05) is 0 Å².